The van der Waals surface area contributed by atoms with Crippen molar-refractivity contribution in [2.75, 3.05) is 43.0 Å². The minimum atomic E-state index is -0.730. The predicted molar refractivity (Wildman–Crippen MR) is 168 cm³/mol. The number of carbonyl (C=O) groups is 1. The second-order valence-electron chi connectivity index (χ2n) is 11.8. The molecule has 2 bridgehead atoms. The Morgan fingerprint density at radius 3 is 2.64 bits per heavy atom. The summed E-state index contributed by atoms with van der Waals surface area (Å²) in [5.41, 5.74) is 2.10. The molecule has 0 radical (unpaired) electrons. The van der Waals surface area contributed by atoms with Crippen molar-refractivity contribution in [1.29, 1.82) is 0 Å². The molecule has 0 unspecified atom stereocenters. The molecule has 2 aliphatic heterocycles. The van der Waals surface area contributed by atoms with Gasteiger partial charge in [0.15, 0.2) is 11.5 Å². The molecule has 0 spiro atoms. The van der Waals surface area contributed by atoms with Gasteiger partial charge in [-0.3, -0.25) is 9.78 Å². The smallest absolute Gasteiger partial charge is 0.355 e. The summed E-state index contributed by atoms with van der Waals surface area (Å²) in [5.74, 6) is -1.30. The normalized spacial score (nSPS) is 16.9. The van der Waals surface area contributed by atoms with Crippen molar-refractivity contribution in [3.63, 3.8) is 0 Å². The number of pyridine rings is 2. The zero-order chi connectivity index (χ0) is 31.3. The maximum absolute atomic E-state index is 16.3. The average molecular weight is 600 g/mol. The van der Waals surface area contributed by atoms with Crippen LogP contribution in [0.4, 0.5) is 20.3 Å². The molecule has 0 saturated carbocycles. The number of amides is 1. The quantitative estimate of drug-likeness (QED) is 0.311. The Morgan fingerprint density at radius 1 is 1.11 bits per heavy atom. The van der Waals surface area contributed by atoms with Gasteiger partial charge in [-0.1, -0.05) is 26.5 Å². The summed E-state index contributed by atoms with van der Waals surface area (Å²) in [4.78, 5) is 46.0. The van der Waals surface area contributed by atoms with Gasteiger partial charge in [0.1, 0.15) is 17.3 Å². The number of hydrogen-bond donors (Lipinski definition) is 0. The van der Waals surface area contributed by atoms with E-state index in [1.165, 1.54) is 22.8 Å². The highest BCUT2D eigenvalue weighted by Gasteiger charge is 2.31. The third kappa shape index (κ3) is 4.89. The SMILES string of the molecule is C=CC(=O)N1CCN(c2nc(=O)n3c4nc(c(F)cc24)-c2c(F)cccc2N(C)CCCc2ccnc(C(C)C)c2-3)[C@@H](C)C1. The van der Waals surface area contributed by atoms with Crippen LogP contribution in [0.15, 0.2) is 54.0 Å². The molecule has 44 heavy (non-hydrogen) atoms. The van der Waals surface area contributed by atoms with Crippen molar-refractivity contribution in [3.8, 4) is 16.9 Å². The molecule has 2 aliphatic rings. The van der Waals surface area contributed by atoms with Crippen LogP contribution in [-0.4, -0.2) is 69.6 Å². The van der Waals surface area contributed by atoms with Crippen LogP contribution in [0.2, 0.25) is 0 Å². The van der Waals surface area contributed by atoms with Gasteiger partial charge < -0.3 is 14.7 Å². The Balaban J connectivity index is 1.70. The Labute approximate surface area is 254 Å². The van der Waals surface area contributed by atoms with Crippen molar-refractivity contribution < 1.29 is 13.6 Å². The lowest BCUT2D eigenvalue weighted by molar-refractivity contribution is -0.126. The van der Waals surface area contributed by atoms with Gasteiger partial charge in [-0.25, -0.2) is 23.1 Å². The second kappa shape index (κ2) is 11.4. The minimum absolute atomic E-state index is 0.0350. The van der Waals surface area contributed by atoms with Crippen molar-refractivity contribution >= 4 is 28.4 Å². The summed E-state index contributed by atoms with van der Waals surface area (Å²) in [6.45, 7) is 11.2. The highest BCUT2D eigenvalue weighted by Crippen LogP contribution is 2.38. The number of benzene rings is 1. The molecule has 1 fully saturated rings. The standard InChI is InChI=1S/C33H35F2N7O2/c1-6-26(43)40-15-16-41(20(4)18-40)31-22-17-24(35)29-27-23(34)10-7-11-25(27)39(5)14-8-9-21-12-13-36-28(19(2)3)30(21)42(32(22)37-29)33(44)38-31/h6-7,10-13,17,19-20H,1,8-9,14-16,18H2,2-5H3/t20-/m0/s1. The number of fused-ring (bicyclic) bond motifs is 5. The molecule has 4 aromatic rings. The van der Waals surface area contributed by atoms with E-state index in [4.69, 9.17) is 4.98 Å². The number of carbonyl (C=O) groups excluding carboxylic acids is 1. The first kappa shape index (κ1) is 29.4. The summed E-state index contributed by atoms with van der Waals surface area (Å²) in [6.07, 6.45) is 4.33. The molecule has 1 saturated heterocycles. The van der Waals surface area contributed by atoms with E-state index in [1.807, 2.05) is 43.7 Å². The molecule has 6 rings (SSSR count). The molecule has 5 heterocycles. The number of piperazine rings is 1. The fourth-order valence-electron chi connectivity index (χ4n) is 6.39. The number of nitrogens with zero attached hydrogens (tertiary/aromatic N) is 7. The summed E-state index contributed by atoms with van der Waals surface area (Å²) >= 11 is 0. The molecule has 3 aromatic heterocycles. The minimum Gasteiger partial charge on any atom is -0.374 e. The van der Waals surface area contributed by atoms with Gasteiger partial charge in [0.25, 0.3) is 0 Å². The second-order valence-corrected chi connectivity index (χ2v) is 11.8. The molecular weight excluding hydrogens is 564 g/mol. The Hall–Kier alpha value is -4.67. The molecule has 228 valence electrons. The molecule has 9 nitrogen and oxygen atoms in total. The van der Waals surface area contributed by atoms with E-state index in [-0.39, 0.29) is 40.6 Å². The Bertz CT molecular complexity index is 1850. The molecule has 0 N–H and O–H groups in total. The third-order valence-corrected chi connectivity index (χ3v) is 8.57. The lowest BCUT2D eigenvalue weighted by atomic mass is 10.00. The lowest BCUT2D eigenvalue weighted by Crippen LogP contribution is -2.54. The van der Waals surface area contributed by atoms with E-state index in [0.717, 1.165) is 5.56 Å². The van der Waals surface area contributed by atoms with Gasteiger partial charge >= 0.3 is 5.69 Å². The largest absolute Gasteiger partial charge is 0.374 e. The van der Waals surface area contributed by atoms with Gasteiger partial charge in [-0.05, 0) is 61.6 Å². The number of aromatic nitrogens is 4. The van der Waals surface area contributed by atoms with Crippen molar-refractivity contribution in [1.82, 2.24) is 24.4 Å². The molecular formula is C33H35F2N7O2. The van der Waals surface area contributed by atoms with E-state index >= 15 is 8.78 Å². The van der Waals surface area contributed by atoms with Crippen molar-refractivity contribution in [3.05, 3.63) is 82.6 Å². The summed E-state index contributed by atoms with van der Waals surface area (Å²) in [6, 6.07) is 7.60. The van der Waals surface area contributed by atoms with Gasteiger partial charge in [-0.2, -0.15) is 4.98 Å². The number of anilines is 2. The van der Waals surface area contributed by atoms with E-state index in [2.05, 4.69) is 16.5 Å². The highest BCUT2D eigenvalue weighted by atomic mass is 19.1. The zero-order valence-corrected chi connectivity index (χ0v) is 25.3. The maximum Gasteiger partial charge on any atom is 0.355 e. The van der Waals surface area contributed by atoms with Crippen LogP contribution >= 0.6 is 0 Å². The van der Waals surface area contributed by atoms with Gasteiger partial charge in [0, 0.05) is 51.2 Å². The van der Waals surface area contributed by atoms with E-state index in [0.29, 0.717) is 61.5 Å². The number of hydrogen-bond acceptors (Lipinski definition) is 7. The van der Waals surface area contributed by atoms with E-state index in [9.17, 15) is 9.59 Å². The molecule has 1 aromatic carbocycles. The number of halogens is 2. The topological polar surface area (TPSA) is 87.5 Å². The van der Waals surface area contributed by atoms with Gasteiger partial charge in [0.2, 0.25) is 5.91 Å². The molecule has 1 atom stereocenters. The predicted octanol–water partition coefficient (Wildman–Crippen LogP) is 4.85. The van der Waals surface area contributed by atoms with Crippen LogP contribution in [0, 0.1) is 11.6 Å². The summed E-state index contributed by atoms with van der Waals surface area (Å²) in [5, 5.41) is 0.314. The van der Waals surface area contributed by atoms with Crippen LogP contribution < -0.4 is 15.5 Å². The van der Waals surface area contributed by atoms with Gasteiger partial charge in [-0.15, -0.1) is 0 Å². The summed E-state index contributed by atoms with van der Waals surface area (Å²) in [7, 11) is 1.85. The maximum atomic E-state index is 16.3. The molecule has 0 aliphatic carbocycles. The lowest BCUT2D eigenvalue weighted by Gasteiger charge is -2.40. The van der Waals surface area contributed by atoms with Crippen molar-refractivity contribution in [2.45, 2.75) is 45.6 Å². The summed E-state index contributed by atoms with van der Waals surface area (Å²) < 4.78 is 33.3. The molecule has 1 amide bonds. The molecule has 11 heteroatoms. The van der Waals surface area contributed by atoms with Gasteiger partial charge in [0.05, 0.1) is 22.3 Å². The highest BCUT2D eigenvalue weighted by molar-refractivity contribution is 5.92. The van der Waals surface area contributed by atoms with Crippen LogP contribution in [0.1, 0.15) is 44.4 Å². The van der Waals surface area contributed by atoms with Crippen LogP contribution in [0.25, 0.3) is 28.0 Å². The monoisotopic (exact) mass is 599 g/mol. The first-order valence-corrected chi connectivity index (χ1v) is 14.9. The first-order valence-electron chi connectivity index (χ1n) is 14.9. The zero-order valence-electron chi connectivity index (χ0n) is 25.3. The van der Waals surface area contributed by atoms with E-state index < -0.39 is 17.3 Å². The fourth-order valence-corrected chi connectivity index (χ4v) is 6.39. The first-order chi connectivity index (χ1) is 21.1. The van der Waals surface area contributed by atoms with E-state index in [1.54, 1.807) is 23.2 Å². The van der Waals surface area contributed by atoms with Crippen molar-refractivity contribution in [2.24, 2.45) is 0 Å². The van der Waals surface area contributed by atoms with Crippen LogP contribution in [0.3, 0.4) is 0 Å². The fraction of sp³-hybridized carbons (Fsp3) is 0.364. The van der Waals surface area contributed by atoms with Crippen LogP contribution in [0.5, 0.6) is 0 Å². The average Bonchev–Trinajstić information content (AvgIpc) is 3.00. The third-order valence-electron chi connectivity index (χ3n) is 8.57. The Morgan fingerprint density at radius 2 is 1.91 bits per heavy atom. The number of rotatable bonds is 3. The van der Waals surface area contributed by atoms with Crippen LogP contribution in [-0.2, 0) is 11.2 Å². The number of aryl methyl sites for hydroxylation is 1. The Kier molecular flexibility index (Phi) is 7.65.